The lowest BCUT2D eigenvalue weighted by Gasteiger charge is -2.39. The van der Waals surface area contributed by atoms with Gasteiger partial charge < -0.3 is 20.3 Å². The zero-order chi connectivity index (χ0) is 17.8. The highest BCUT2D eigenvalue weighted by molar-refractivity contribution is 5.82. The van der Waals surface area contributed by atoms with Crippen molar-refractivity contribution in [2.75, 3.05) is 20.1 Å². The van der Waals surface area contributed by atoms with Crippen molar-refractivity contribution < 1.29 is 14.3 Å². The van der Waals surface area contributed by atoms with E-state index in [4.69, 9.17) is 10.5 Å². The van der Waals surface area contributed by atoms with Crippen LogP contribution < -0.4 is 5.73 Å². The SMILES string of the molecule is CC(C)[C@H](N)C(=O)N1CCCC[C@H]1CN(C)C(=O)OC(C)(C)C. The summed E-state index contributed by atoms with van der Waals surface area (Å²) in [7, 11) is 1.72. The minimum Gasteiger partial charge on any atom is -0.444 e. The third-order valence-corrected chi connectivity index (χ3v) is 4.10. The lowest BCUT2D eigenvalue weighted by molar-refractivity contribution is -0.137. The Kier molecular flexibility index (Phi) is 6.86. The molecule has 1 heterocycles. The smallest absolute Gasteiger partial charge is 0.410 e. The molecule has 0 aromatic heterocycles. The van der Waals surface area contributed by atoms with E-state index in [9.17, 15) is 9.59 Å². The molecule has 1 saturated heterocycles. The van der Waals surface area contributed by atoms with Crippen molar-refractivity contribution in [2.24, 2.45) is 11.7 Å². The Morgan fingerprint density at radius 2 is 1.91 bits per heavy atom. The van der Waals surface area contributed by atoms with Crippen LogP contribution in [0.15, 0.2) is 0 Å². The van der Waals surface area contributed by atoms with E-state index in [1.165, 1.54) is 0 Å². The van der Waals surface area contributed by atoms with E-state index in [0.717, 1.165) is 19.3 Å². The molecular formula is C17H33N3O3. The summed E-state index contributed by atoms with van der Waals surface area (Å²) in [5.74, 6) is 0.0935. The average Bonchev–Trinajstić information content (AvgIpc) is 2.44. The van der Waals surface area contributed by atoms with Gasteiger partial charge >= 0.3 is 6.09 Å². The van der Waals surface area contributed by atoms with Crippen molar-refractivity contribution in [1.82, 2.24) is 9.80 Å². The number of piperidine rings is 1. The summed E-state index contributed by atoms with van der Waals surface area (Å²) in [5, 5.41) is 0. The Morgan fingerprint density at radius 1 is 1.30 bits per heavy atom. The van der Waals surface area contributed by atoms with Gasteiger partial charge in [-0.15, -0.1) is 0 Å². The van der Waals surface area contributed by atoms with Gasteiger partial charge in [-0.05, 0) is 46.0 Å². The van der Waals surface area contributed by atoms with E-state index in [0.29, 0.717) is 13.1 Å². The quantitative estimate of drug-likeness (QED) is 0.859. The number of rotatable bonds is 4. The highest BCUT2D eigenvalue weighted by Crippen LogP contribution is 2.20. The number of ether oxygens (including phenoxy) is 1. The lowest BCUT2D eigenvalue weighted by atomic mass is 9.97. The fourth-order valence-corrected chi connectivity index (χ4v) is 2.69. The first-order chi connectivity index (χ1) is 10.5. The second-order valence-corrected chi connectivity index (χ2v) is 7.81. The number of hydrogen-bond acceptors (Lipinski definition) is 4. The van der Waals surface area contributed by atoms with Crippen molar-refractivity contribution in [3.8, 4) is 0 Å². The molecule has 0 unspecified atom stereocenters. The van der Waals surface area contributed by atoms with Gasteiger partial charge in [-0.1, -0.05) is 13.8 Å². The van der Waals surface area contributed by atoms with Crippen molar-refractivity contribution in [3.05, 3.63) is 0 Å². The van der Waals surface area contributed by atoms with Crippen LogP contribution in [0.4, 0.5) is 4.79 Å². The fourth-order valence-electron chi connectivity index (χ4n) is 2.69. The first kappa shape index (κ1) is 19.7. The number of likely N-dealkylation sites (tertiary alicyclic amines) is 1. The Morgan fingerprint density at radius 3 is 2.43 bits per heavy atom. The molecule has 0 aromatic carbocycles. The summed E-state index contributed by atoms with van der Waals surface area (Å²) in [6.07, 6.45) is 2.59. The first-order valence-electron chi connectivity index (χ1n) is 8.53. The minimum absolute atomic E-state index is 0.0118. The molecule has 0 bridgehead atoms. The van der Waals surface area contributed by atoms with Crippen LogP contribution in [0.1, 0.15) is 53.9 Å². The zero-order valence-electron chi connectivity index (χ0n) is 15.5. The van der Waals surface area contributed by atoms with E-state index >= 15 is 0 Å². The number of likely N-dealkylation sites (N-methyl/N-ethyl adjacent to an activating group) is 1. The normalized spacial score (nSPS) is 20.3. The van der Waals surface area contributed by atoms with Crippen LogP contribution in [0.2, 0.25) is 0 Å². The number of carbonyl (C=O) groups excluding carboxylic acids is 2. The highest BCUT2D eigenvalue weighted by atomic mass is 16.6. The monoisotopic (exact) mass is 327 g/mol. The third-order valence-electron chi connectivity index (χ3n) is 4.10. The summed E-state index contributed by atoms with van der Waals surface area (Å²) >= 11 is 0. The first-order valence-corrected chi connectivity index (χ1v) is 8.53. The van der Waals surface area contributed by atoms with Crippen molar-refractivity contribution in [3.63, 3.8) is 0 Å². The Balaban J connectivity index is 2.71. The van der Waals surface area contributed by atoms with E-state index in [-0.39, 0.29) is 24.0 Å². The van der Waals surface area contributed by atoms with Gasteiger partial charge in [0.25, 0.3) is 0 Å². The third kappa shape index (κ3) is 6.01. The summed E-state index contributed by atoms with van der Waals surface area (Å²) in [6.45, 7) is 10.6. The molecule has 6 heteroatoms. The molecule has 1 aliphatic heterocycles. The predicted octanol–water partition coefficient (Wildman–Crippen LogP) is 2.22. The van der Waals surface area contributed by atoms with Crippen LogP contribution in [-0.2, 0) is 9.53 Å². The van der Waals surface area contributed by atoms with Crippen molar-refractivity contribution >= 4 is 12.0 Å². The van der Waals surface area contributed by atoms with Gasteiger partial charge in [0.1, 0.15) is 5.60 Å². The molecular weight excluding hydrogens is 294 g/mol. The maximum Gasteiger partial charge on any atom is 0.410 e. The zero-order valence-corrected chi connectivity index (χ0v) is 15.5. The molecule has 23 heavy (non-hydrogen) atoms. The van der Waals surface area contributed by atoms with Crippen LogP contribution in [0.5, 0.6) is 0 Å². The van der Waals surface area contributed by atoms with Crippen LogP contribution in [-0.4, -0.2) is 59.6 Å². The largest absolute Gasteiger partial charge is 0.444 e. The Labute approximate surface area is 140 Å². The van der Waals surface area contributed by atoms with E-state index in [1.54, 1.807) is 11.9 Å². The molecule has 0 saturated carbocycles. The molecule has 6 nitrogen and oxygen atoms in total. The molecule has 0 spiro atoms. The van der Waals surface area contributed by atoms with Gasteiger partial charge in [0.15, 0.2) is 0 Å². The molecule has 0 aliphatic carbocycles. The van der Waals surface area contributed by atoms with Crippen molar-refractivity contribution in [1.29, 1.82) is 0 Å². The standard InChI is InChI=1S/C17H33N3O3/c1-12(2)14(18)15(21)20-10-8-7-9-13(20)11-19(6)16(22)23-17(3,4)5/h12-14H,7-11,18H2,1-6H3/t13-,14-/m0/s1. The maximum atomic E-state index is 12.6. The predicted molar refractivity (Wildman–Crippen MR) is 91.0 cm³/mol. The number of nitrogens with two attached hydrogens (primary N) is 1. The summed E-state index contributed by atoms with van der Waals surface area (Å²) < 4.78 is 5.38. The molecule has 1 aliphatic rings. The number of carbonyl (C=O) groups is 2. The fraction of sp³-hybridized carbons (Fsp3) is 0.882. The van der Waals surface area contributed by atoms with Gasteiger partial charge in [-0.2, -0.15) is 0 Å². The van der Waals surface area contributed by atoms with Gasteiger partial charge in [-0.3, -0.25) is 4.79 Å². The summed E-state index contributed by atoms with van der Waals surface area (Å²) in [5.41, 5.74) is 5.51. The van der Waals surface area contributed by atoms with Gasteiger partial charge in [-0.25, -0.2) is 4.79 Å². The minimum atomic E-state index is -0.520. The average molecular weight is 327 g/mol. The molecule has 0 aromatic rings. The second-order valence-electron chi connectivity index (χ2n) is 7.81. The van der Waals surface area contributed by atoms with Gasteiger partial charge in [0, 0.05) is 26.2 Å². The number of hydrogen-bond donors (Lipinski definition) is 1. The molecule has 134 valence electrons. The topological polar surface area (TPSA) is 75.9 Å². The molecule has 2 N–H and O–H groups in total. The Hall–Kier alpha value is -1.30. The van der Waals surface area contributed by atoms with Gasteiger partial charge in [0.2, 0.25) is 5.91 Å². The van der Waals surface area contributed by atoms with Gasteiger partial charge in [0.05, 0.1) is 6.04 Å². The van der Waals surface area contributed by atoms with E-state index < -0.39 is 11.6 Å². The molecule has 2 atom stereocenters. The van der Waals surface area contributed by atoms with Crippen LogP contribution in [0.25, 0.3) is 0 Å². The highest BCUT2D eigenvalue weighted by Gasteiger charge is 2.33. The Bertz CT molecular complexity index is 418. The molecule has 1 rings (SSSR count). The van der Waals surface area contributed by atoms with Crippen LogP contribution in [0.3, 0.4) is 0 Å². The summed E-state index contributed by atoms with van der Waals surface area (Å²) in [4.78, 5) is 28.1. The number of nitrogens with zero attached hydrogens (tertiary/aromatic N) is 2. The van der Waals surface area contributed by atoms with E-state index in [2.05, 4.69) is 0 Å². The molecule has 2 amide bonds. The molecule has 1 fully saturated rings. The maximum absolute atomic E-state index is 12.6. The van der Waals surface area contributed by atoms with Crippen LogP contribution >= 0.6 is 0 Å². The number of amides is 2. The lowest BCUT2D eigenvalue weighted by Crippen LogP contribution is -2.55. The van der Waals surface area contributed by atoms with Crippen LogP contribution in [0, 0.1) is 5.92 Å². The van der Waals surface area contributed by atoms with Crippen molar-refractivity contribution in [2.45, 2.75) is 71.6 Å². The summed E-state index contributed by atoms with van der Waals surface area (Å²) in [6, 6.07) is -0.471. The second kappa shape index (κ2) is 7.99. The van der Waals surface area contributed by atoms with E-state index in [1.807, 2.05) is 39.5 Å². The molecule has 0 radical (unpaired) electrons.